The molecule has 2 heterocycles. The fourth-order valence-corrected chi connectivity index (χ4v) is 4.11. The van der Waals surface area contributed by atoms with Gasteiger partial charge < -0.3 is 11.5 Å². The lowest BCUT2D eigenvalue weighted by Gasteiger charge is -2.30. The van der Waals surface area contributed by atoms with Gasteiger partial charge in [-0.3, -0.25) is 10.0 Å². The first-order chi connectivity index (χ1) is 13.8. The highest BCUT2D eigenvalue weighted by molar-refractivity contribution is 9.10. The predicted molar refractivity (Wildman–Crippen MR) is 116 cm³/mol. The van der Waals surface area contributed by atoms with Gasteiger partial charge >= 0.3 is 0 Å². The maximum atomic E-state index is 13.6. The molecule has 1 atom stereocenters. The average Bonchev–Trinajstić information content (AvgIpc) is 2.66. The third-order valence-corrected chi connectivity index (χ3v) is 5.50. The molecule has 29 heavy (non-hydrogen) atoms. The van der Waals surface area contributed by atoms with Crippen LogP contribution in [-0.2, 0) is 6.42 Å². The van der Waals surface area contributed by atoms with E-state index in [-0.39, 0.29) is 17.8 Å². The van der Waals surface area contributed by atoms with E-state index in [1.807, 2.05) is 25.1 Å². The number of nitrogen functional groups attached to an aromatic ring is 2. The van der Waals surface area contributed by atoms with Crippen LogP contribution in [0.4, 0.5) is 21.7 Å². The van der Waals surface area contributed by atoms with Crippen molar-refractivity contribution in [3.05, 3.63) is 75.3 Å². The first-order valence-electron chi connectivity index (χ1n) is 8.90. The number of aryl methyl sites for hydroxylation is 1. The Hall–Kier alpha value is -3.04. The van der Waals surface area contributed by atoms with Crippen molar-refractivity contribution in [2.45, 2.75) is 19.4 Å². The molecule has 6 N–H and O–H groups in total. The number of hydrogen-bond donors (Lipinski definition) is 3. The number of amidine groups is 1. The molecule has 0 radical (unpaired) electrons. The number of aromatic nitrogens is 2. The second kappa shape index (κ2) is 7.41. The summed E-state index contributed by atoms with van der Waals surface area (Å²) in [6.07, 6.45) is 0.481. The van der Waals surface area contributed by atoms with Gasteiger partial charge in [-0.05, 0) is 36.8 Å². The minimum atomic E-state index is -0.336. The van der Waals surface area contributed by atoms with E-state index in [0.29, 0.717) is 33.8 Å². The van der Waals surface area contributed by atoms with E-state index in [4.69, 9.17) is 22.3 Å². The van der Waals surface area contributed by atoms with Crippen molar-refractivity contribution in [1.82, 2.24) is 9.97 Å². The summed E-state index contributed by atoms with van der Waals surface area (Å²) < 4.78 is 14.2. The summed E-state index contributed by atoms with van der Waals surface area (Å²) in [6.45, 7) is 1.84. The van der Waals surface area contributed by atoms with Crippen LogP contribution in [0, 0.1) is 12.7 Å². The second-order valence-electron chi connectivity index (χ2n) is 6.76. The Balaban J connectivity index is 1.89. The molecule has 3 aromatic rings. The number of hydrazine groups is 1. The molecule has 1 aliphatic heterocycles. The van der Waals surface area contributed by atoms with Crippen LogP contribution in [0.15, 0.2) is 51.9 Å². The highest BCUT2D eigenvalue weighted by atomic mass is 79.9. The van der Waals surface area contributed by atoms with Gasteiger partial charge in [0.25, 0.3) is 0 Å². The molecule has 7 nitrogen and oxygen atoms in total. The molecule has 0 fully saturated rings. The van der Waals surface area contributed by atoms with Crippen molar-refractivity contribution in [3.8, 4) is 0 Å². The van der Waals surface area contributed by atoms with E-state index in [1.165, 1.54) is 17.1 Å². The first kappa shape index (κ1) is 19.3. The maximum Gasteiger partial charge on any atom is 0.220 e. The summed E-state index contributed by atoms with van der Waals surface area (Å²) in [5.41, 5.74) is 16.1. The summed E-state index contributed by atoms with van der Waals surface area (Å²) in [5, 5.41) is 1.43. The Morgan fingerprint density at radius 1 is 1.14 bits per heavy atom. The largest absolute Gasteiger partial charge is 0.397 e. The van der Waals surface area contributed by atoms with Gasteiger partial charge in [0.15, 0.2) is 5.84 Å². The molecule has 0 saturated carbocycles. The van der Waals surface area contributed by atoms with Crippen LogP contribution in [-0.4, -0.2) is 15.8 Å². The number of fused-ring (bicyclic) bond motifs is 1. The van der Waals surface area contributed by atoms with Crippen LogP contribution in [0.5, 0.6) is 0 Å². The molecule has 9 heteroatoms. The Bertz CT molecular complexity index is 1130. The summed E-state index contributed by atoms with van der Waals surface area (Å²) in [5.74, 6) is 6.78. The van der Waals surface area contributed by atoms with Gasteiger partial charge in [0.05, 0.1) is 34.4 Å². The Morgan fingerprint density at radius 2 is 1.90 bits per heavy atom. The van der Waals surface area contributed by atoms with Crippen molar-refractivity contribution in [3.63, 3.8) is 0 Å². The number of rotatable bonds is 2. The highest BCUT2D eigenvalue weighted by Crippen LogP contribution is 2.36. The topological polar surface area (TPSA) is 119 Å². The lowest BCUT2D eigenvalue weighted by molar-refractivity contribution is 0.621. The lowest BCUT2D eigenvalue weighted by atomic mass is 9.95. The van der Waals surface area contributed by atoms with E-state index < -0.39 is 0 Å². The molecular weight excluding hydrogens is 437 g/mol. The molecule has 2 aromatic carbocycles. The number of para-hydroxylation sites is 2. The van der Waals surface area contributed by atoms with Gasteiger partial charge in [0.2, 0.25) is 5.95 Å². The van der Waals surface area contributed by atoms with Gasteiger partial charge in [-0.1, -0.05) is 34.1 Å². The van der Waals surface area contributed by atoms with Gasteiger partial charge in [0, 0.05) is 10.9 Å². The number of halogens is 2. The first-order valence-corrected chi connectivity index (χ1v) is 9.70. The number of aliphatic imine (C=N–C) groups is 1. The van der Waals surface area contributed by atoms with E-state index in [0.717, 1.165) is 16.8 Å². The summed E-state index contributed by atoms with van der Waals surface area (Å²) in [4.78, 5) is 13.6. The molecule has 0 amide bonds. The van der Waals surface area contributed by atoms with Crippen LogP contribution in [0.2, 0.25) is 0 Å². The zero-order chi connectivity index (χ0) is 20.7. The lowest BCUT2D eigenvalue weighted by Crippen LogP contribution is -2.42. The highest BCUT2D eigenvalue weighted by Gasteiger charge is 2.30. The predicted octanol–water partition coefficient (Wildman–Crippen LogP) is 3.28. The Labute approximate surface area is 175 Å². The van der Waals surface area contributed by atoms with Gasteiger partial charge in [0.1, 0.15) is 5.82 Å². The zero-order valence-electron chi connectivity index (χ0n) is 15.6. The standard InChI is InChI=1S/C20H19BrFN7/c1-10-18-16(28-20(24)26-10)9-15(12-7-6-11(22)8-13(12)21)27-19(18)29(25)17-5-3-2-4-14(17)23/h2-8,15H,9,23,25H2,1H3,(H2,24,26,28). The number of nitrogens with zero attached hydrogens (tertiary/aromatic N) is 4. The molecule has 0 saturated heterocycles. The summed E-state index contributed by atoms with van der Waals surface area (Å²) >= 11 is 3.43. The molecule has 0 aliphatic carbocycles. The van der Waals surface area contributed by atoms with Gasteiger partial charge in [-0.2, -0.15) is 0 Å². The molecule has 1 aromatic heterocycles. The Morgan fingerprint density at radius 3 is 2.62 bits per heavy atom. The summed E-state index contributed by atoms with van der Waals surface area (Å²) in [6, 6.07) is 11.4. The number of anilines is 3. The van der Waals surface area contributed by atoms with Crippen molar-refractivity contribution in [2.24, 2.45) is 10.8 Å². The van der Waals surface area contributed by atoms with Crippen molar-refractivity contribution >= 4 is 39.1 Å². The van der Waals surface area contributed by atoms with Crippen molar-refractivity contribution in [1.29, 1.82) is 0 Å². The normalized spacial score (nSPS) is 15.6. The van der Waals surface area contributed by atoms with E-state index >= 15 is 0 Å². The van der Waals surface area contributed by atoms with Crippen molar-refractivity contribution in [2.75, 3.05) is 16.5 Å². The average molecular weight is 456 g/mol. The maximum absolute atomic E-state index is 13.6. The SMILES string of the molecule is Cc1nc(N)nc2c1C(N(N)c1ccccc1N)=NC(c1ccc(F)cc1Br)C2. The third kappa shape index (κ3) is 3.54. The fourth-order valence-electron chi connectivity index (χ4n) is 3.49. The Kier molecular flexibility index (Phi) is 4.93. The van der Waals surface area contributed by atoms with E-state index in [1.54, 1.807) is 12.1 Å². The number of nitrogens with two attached hydrogens (primary N) is 3. The molecule has 4 rings (SSSR count). The van der Waals surface area contributed by atoms with Gasteiger partial charge in [-0.25, -0.2) is 20.2 Å². The smallest absolute Gasteiger partial charge is 0.220 e. The fraction of sp³-hybridized carbons (Fsp3) is 0.150. The third-order valence-electron chi connectivity index (χ3n) is 4.82. The minimum Gasteiger partial charge on any atom is -0.397 e. The van der Waals surface area contributed by atoms with E-state index in [2.05, 4.69) is 25.9 Å². The molecule has 148 valence electrons. The van der Waals surface area contributed by atoms with E-state index in [9.17, 15) is 4.39 Å². The minimum absolute atomic E-state index is 0.183. The number of benzene rings is 2. The number of hydrogen-bond acceptors (Lipinski definition) is 7. The molecule has 0 spiro atoms. The quantitative estimate of drug-likeness (QED) is 0.309. The molecular formula is C20H19BrFN7. The molecule has 1 unspecified atom stereocenters. The van der Waals surface area contributed by atoms with Crippen LogP contribution in [0.25, 0.3) is 0 Å². The molecule has 0 bridgehead atoms. The second-order valence-corrected chi connectivity index (χ2v) is 7.61. The van der Waals surface area contributed by atoms with Crippen LogP contribution in [0.3, 0.4) is 0 Å². The van der Waals surface area contributed by atoms with Gasteiger partial charge in [-0.15, -0.1) is 0 Å². The van der Waals surface area contributed by atoms with Crippen LogP contribution < -0.4 is 22.3 Å². The van der Waals surface area contributed by atoms with Crippen molar-refractivity contribution < 1.29 is 4.39 Å². The summed E-state index contributed by atoms with van der Waals surface area (Å²) in [7, 11) is 0. The zero-order valence-corrected chi connectivity index (χ0v) is 17.2. The molecule has 1 aliphatic rings. The van der Waals surface area contributed by atoms with Crippen LogP contribution >= 0.6 is 15.9 Å². The van der Waals surface area contributed by atoms with Crippen LogP contribution in [0.1, 0.15) is 28.6 Å². The monoisotopic (exact) mass is 455 g/mol.